The molecule has 0 aliphatic carbocycles. The van der Waals surface area contributed by atoms with Crippen molar-refractivity contribution in [3.63, 3.8) is 0 Å². The smallest absolute Gasteiger partial charge is 0.790 e. The van der Waals surface area contributed by atoms with Gasteiger partial charge in [-0.2, -0.15) is 0 Å². The van der Waals surface area contributed by atoms with Crippen LogP contribution >= 0.6 is 7.82 Å². The van der Waals surface area contributed by atoms with Gasteiger partial charge in [0, 0.05) is 0 Å². The van der Waals surface area contributed by atoms with Gasteiger partial charge in [0.15, 0.2) is 0 Å². The van der Waals surface area contributed by atoms with Gasteiger partial charge in [-0.25, -0.2) is 0 Å². The van der Waals surface area contributed by atoms with Gasteiger partial charge in [0.25, 0.3) is 0 Å². The molecule has 0 bridgehead atoms. The molecule has 0 saturated carbocycles. The Morgan fingerprint density at radius 2 is 1.77 bits per heavy atom. The van der Waals surface area contributed by atoms with E-state index in [9.17, 15) is 14.4 Å². The molecule has 0 fully saturated rings. The molecule has 0 aromatic heterocycles. The van der Waals surface area contributed by atoms with E-state index in [0.29, 0.717) is 12.3 Å². The second kappa shape index (κ2) is 10.6. The number of hydrogen-bond donors (Lipinski definition) is 0. The summed E-state index contributed by atoms with van der Waals surface area (Å²) in [6, 6.07) is 0. The zero-order valence-electron chi connectivity index (χ0n) is 8.78. The Kier molecular flexibility index (Phi) is 16.8. The van der Waals surface area contributed by atoms with Crippen molar-refractivity contribution >= 4 is 7.82 Å². The van der Waals surface area contributed by atoms with Crippen LogP contribution in [-0.4, -0.2) is 6.61 Å². The third-order valence-electron chi connectivity index (χ3n) is 1.18. The van der Waals surface area contributed by atoms with Gasteiger partial charge in [-0.1, -0.05) is 13.8 Å². The van der Waals surface area contributed by atoms with Crippen molar-refractivity contribution in [1.82, 2.24) is 0 Å². The fourth-order valence-electron chi connectivity index (χ4n) is 0.668. The minimum Gasteiger partial charge on any atom is -0.790 e. The summed E-state index contributed by atoms with van der Waals surface area (Å²) in [6.07, 6.45) is 1.49. The van der Waals surface area contributed by atoms with Crippen LogP contribution < -0.4 is 68.9 Å². The predicted molar refractivity (Wildman–Crippen MR) is 37.6 cm³/mol. The number of phosphoric acid groups is 1. The summed E-state index contributed by atoms with van der Waals surface area (Å²) in [5, 5.41) is 0. The Morgan fingerprint density at radius 1 is 1.31 bits per heavy atom. The molecule has 13 heavy (non-hydrogen) atoms. The van der Waals surface area contributed by atoms with Gasteiger partial charge in [-0.05, 0) is 18.8 Å². The molecule has 0 amide bonds. The molecular formula is C6H13Na2O4P. The summed E-state index contributed by atoms with van der Waals surface area (Å²) in [4.78, 5) is 19.9. The third kappa shape index (κ3) is 20.2. The van der Waals surface area contributed by atoms with Crippen molar-refractivity contribution < 1.29 is 78.0 Å². The second-order valence-electron chi connectivity index (χ2n) is 2.82. The standard InChI is InChI=1S/C6H15O4P.2Na/c1-6(2)4-3-5-10-11(7,8)9;;/h6H,3-5H2,1-2H3,(H2,7,8,9);;/q;2*+1/p-2. The number of rotatable bonds is 5. The van der Waals surface area contributed by atoms with Crippen LogP contribution in [0.15, 0.2) is 0 Å². The maximum absolute atomic E-state index is 9.93. The molecule has 0 atom stereocenters. The predicted octanol–water partition coefficient (Wildman–Crippen LogP) is -5.72. The van der Waals surface area contributed by atoms with Crippen molar-refractivity contribution in [2.24, 2.45) is 5.92 Å². The SMILES string of the molecule is CC(C)CCCOP(=O)([O-])[O-].[Na+].[Na+]. The van der Waals surface area contributed by atoms with Gasteiger partial charge in [0.1, 0.15) is 0 Å². The molecule has 0 spiro atoms. The second-order valence-corrected chi connectivity index (χ2v) is 3.97. The van der Waals surface area contributed by atoms with Crippen LogP contribution in [0.2, 0.25) is 0 Å². The van der Waals surface area contributed by atoms with Crippen LogP contribution in [0.1, 0.15) is 26.7 Å². The summed E-state index contributed by atoms with van der Waals surface area (Å²) in [6.45, 7) is 4.06. The first kappa shape index (κ1) is 20.5. The largest absolute Gasteiger partial charge is 1.00 e. The van der Waals surface area contributed by atoms with E-state index >= 15 is 0 Å². The summed E-state index contributed by atoms with van der Waals surface area (Å²) in [5.74, 6) is 0.510. The van der Waals surface area contributed by atoms with Crippen molar-refractivity contribution in [1.29, 1.82) is 0 Å². The van der Waals surface area contributed by atoms with Crippen LogP contribution in [-0.2, 0) is 9.09 Å². The van der Waals surface area contributed by atoms with Crippen LogP contribution in [0, 0.1) is 5.92 Å². The first-order valence-electron chi connectivity index (χ1n) is 3.58. The average molecular weight is 226 g/mol. The van der Waals surface area contributed by atoms with E-state index in [2.05, 4.69) is 4.52 Å². The third-order valence-corrected chi connectivity index (χ3v) is 1.67. The molecule has 7 heteroatoms. The molecule has 0 saturated heterocycles. The van der Waals surface area contributed by atoms with Crippen LogP contribution in [0.5, 0.6) is 0 Å². The van der Waals surface area contributed by atoms with Crippen LogP contribution in [0.25, 0.3) is 0 Å². The van der Waals surface area contributed by atoms with Crippen molar-refractivity contribution in [3.05, 3.63) is 0 Å². The summed E-state index contributed by atoms with van der Waals surface area (Å²) in [5.41, 5.74) is 0. The van der Waals surface area contributed by atoms with Gasteiger partial charge < -0.3 is 18.9 Å². The van der Waals surface area contributed by atoms with Crippen LogP contribution in [0.4, 0.5) is 0 Å². The van der Waals surface area contributed by atoms with Crippen molar-refractivity contribution in [3.8, 4) is 0 Å². The minimum absolute atomic E-state index is 0. The molecule has 0 aromatic rings. The molecule has 4 nitrogen and oxygen atoms in total. The van der Waals surface area contributed by atoms with E-state index < -0.39 is 7.82 Å². The number of hydrogen-bond acceptors (Lipinski definition) is 4. The van der Waals surface area contributed by atoms with E-state index in [1.54, 1.807) is 0 Å². The Bertz CT molecular complexity index is 148. The topological polar surface area (TPSA) is 72.4 Å². The van der Waals surface area contributed by atoms with E-state index in [1.807, 2.05) is 13.8 Å². The molecule has 0 N–H and O–H groups in total. The van der Waals surface area contributed by atoms with E-state index in [4.69, 9.17) is 0 Å². The Labute approximate surface area is 124 Å². The van der Waals surface area contributed by atoms with E-state index in [1.165, 1.54) is 0 Å². The Balaban J connectivity index is -0.000000500. The maximum atomic E-state index is 9.93. The molecule has 68 valence electrons. The van der Waals surface area contributed by atoms with Gasteiger partial charge >= 0.3 is 59.1 Å². The van der Waals surface area contributed by atoms with Gasteiger partial charge in [-0.15, -0.1) is 0 Å². The molecule has 0 unspecified atom stereocenters. The maximum Gasteiger partial charge on any atom is 1.00 e. The molecular weight excluding hydrogens is 213 g/mol. The zero-order valence-corrected chi connectivity index (χ0v) is 13.7. The summed E-state index contributed by atoms with van der Waals surface area (Å²) < 4.78 is 14.0. The quantitative estimate of drug-likeness (QED) is 0.266. The zero-order chi connectivity index (χ0) is 8.91. The molecule has 0 rings (SSSR count). The molecule has 0 aliphatic rings. The summed E-state index contributed by atoms with van der Waals surface area (Å²) >= 11 is 0. The summed E-state index contributed by atoms with van der Waals surface area (Å²) in [7, 11) is -4.73. The molecule has 0 aromatic carbocycles. The van der Waals surface area contributed by atoms with Gasteiger partial charge in [-0.3, -0.25) is 0 Å². The van der Waals surface area contributed by atoms with Crippen LogP contribution in [0.3, 0.4) is 0 Å². The van der Waals surface area contributed by atoms with E-state index in [-0.39, 0.29) is 65.7 Å². The van der Waals surface area contributed by atoms with E-state index in [0.717, 1.165) is 6.42 Å². The van der Waals surface area contributed by atoms with Crippen molar-refractivity contribution in [2.45, 2.75) is 26.7 Å². The van der Waals surface area contributed by atoms with Gasteiger partial charge in [0.2, 0.25) is 0 Å². The van der Waals surface area contributed by atoms with Gasteiger partial charge in [0.05, 0.1) is 14.4 Å². The Morgan fingerprint density at radius 3 is 2.08 bits per heavy atom. The molecule has 0 aliphatic heterocycles. The first-order valence-corrected chi connectivity index (χ1v) is 5.04. The normalized spacial score (nSPS) is 10.5. The monoisotopic (exact) mass is 226 g/mol. The average Bonchev–Trinajstić information content (AvgIpc) is 1.78. The molecule has 0 radical (unpaired) electrons. The minimum atomic E-state index is -4.73. The van der Waals surface area contributed by atoms with Crippen molar-refractivity contribution in [2.75, 3.05) is 6.61 Å². The number of phosphoric ester groups is 1. The molecule has 0 heterocycles. The first-order chi connectivity index (χ1) is 4.92. The fraction of sp³-hybridized carbons (Fsp3) is 1.00. The Hall–Kier alpha value is 2.11. The fourth-order valence-corrected chi connectivity index (χ4v) is 1.02.